The molecule has 4 nitrogen and oxygen atoms in total. The minimum atomic E-state index is -0.500. The number of hydrogen-bond donors (Lipinski definition) is 4. The van der Waals surface area contributed by atoms with Gasteiger partial charge in [-0.3, -0.25) is 0 Å². The van der Waals surface area contributed by atoms with Crippen LogP contribution < -0.4 is 11.1 Å². The van der Waals surface area contributed by atoms with Crippen LogP contribution in [0.15, 0.2) is 0 Å². The van der Waals surface area contributed by atoms with Gasteiger partial charge in [0.2, 0.25) is 0 Å². The Hall–Kier alpha value is -0.101. The number of aliphatic hydroxyl groups excluding tert-OH is 2. The predicted octanol–water partition coefficient (Wildman–Crippen LogP) is -0.154. The van der Waals surface area contributed by atoms with Crippen LogP contribution in [0.4, 0.5) is 0 Å². The van der Waals surface area contributed by atoms with Gasteiger partial charge in [-0.15, -0.1) is 0 Å². The molecule has 66 valence electrons. The van der Waals surface area contributed by atoms with Crippen molar-refractivity contribution < 1.29 is 10.2 Å². The van der Waals surface area contributed by atoms with Crippen LogP contribution in [0.3, 0.4) is 0 Å². The van der Waals surface area contributed by atoms with Crippen molar-refractivity contribution in [1.82, 2.24) is 5.32 Å². The zero-order valence-corrected chi connectivity index (χ0v) is 9.25. The van der Waals surface area contributed by atoms with Crippen molar-refractivity contribution in [2.45, 2.75) is 6.92 Å². The molecule has 0 bridgehead atoms. The summed E-state index contributed by atoms with van der Waals surface area (Å²) >= 11 is 8.11. The van der Waals surface area contributed by atoms with Crippen molar-refractivity contribution in [3.05, 3.63) is 0 Å². The number of aliphatic hydroxyl groups is 2. The van der Waals surface area contributed by atoms with E-state index in [9.17, 15) is 0 Å². The summed E-state index contributed by atoms with van der Waals surface area (Å²) in [7, 11) is 0. The number of nitrogens with one attached hydrogen (secondary N) is 1. The summed E-state index contributed by atoms with van der Waals surface area (Å²) in [5.74, 6) is 0. The normalized spacial score (nSPS) is 6.27. The van der Waals surface area contributed by atoms with Crippen LogP contribution in [0.5, 0.6) is 0 Å². The van der Waals surface area contributed by atoms with Crippen molar-refractivity contribution in [2.24, 2.45) is 5.73 Å². The summed E-state index contributed by atoms with van der Waals surface area (Å²) < 4.78 is 0. The SMILES string of the molecule is CCNC(O)=S.NC(O)=S.[Se]. The van der Waals surface area contributed by atoms with E-state index < -0.39 is 5.17 Å². The fraction of sp³-hybridized carbons (Fsp3) is 0.500. The van der Waals surface area contributed by atoms with E-state index in [4.69, 9.17) is 10.2 Å². The minimum absolute atomic E-state index is 0. The van der Waals surface area contributed by atoms with Gasteiger partial charge in [0.15, 0.2) is 0 Å². The molecule has 0 heterocycles. The maximum Gasteiger partial charge on any atom is 0.254 e. The van der Waals surface area contributed by atoms with Gasteiger partial charge < -0.3 is 21.3 Å². The van der Waals surface area contributed by atoms with Crippen LogP contribution in [0.2, 0.25) is 0 Å². The molecule has 0 atom stereocenters. The van der Waals surface area contributed by atoms with Crippen LogP contribution >= 0.6 is 24.4 Å². The van der Waals surface area contributed by atoms with E-state index in [2.05, 4.69) is 35.5 Å². The second-order valence-corrected chi connectivity index (χ2v) is 1.98. The first-order chi connectivity index (χ1) is 4.50. The predicted molar refractivity (Wildman–Crippen MR) is 54.1 cm³/mol. The third-order valence-corrected chi connectivity index (χ3v) is 0.472. The van der Waals surface area contributed by atoms with Gasteiger partial charge in [0.1, 0.15) is 0 Å². The Morgan fingerprint density at radius 3 is 1.73 bits per heavy atom. The first kappa shape index (κ1) is 17.1. The first-order valence-corrected chi connectivity index (χ1v) is 3.27. The van der Waals surface area contributed by atoms with E-state index in [-0.39, 0.29) is 22.2 Å². The molecular formula is C4H10N2O2S2Se. The molecule has 0 aromatic rings. The van der Waals surface area contributed by atoms with E-state index in [1.54, 1.807) is 0 Å². The molecule has 0 spiro atoms. The molecule has 0 aliphatic rings. The molecule has 0 unspecified atom stereocenters. The van der Waals surface area contributed by atoms with E-state index >= 15 is 0 Å². The molecule has 7 heteroatoms. The molecular weight excluding hydrogens is 251 g/mol. The Labute approximate surface area is 86.6 Å². The van der Waals surface area contributed by atoms with Gasteiger partial charge in [-0.25, -0.2) is 0 Å². The maximum atomic E-state index is 8.17. The third-order valence-electron chi connectivity index (χ3n) is 0.328. The summed E-state index contributed by atoms with van der Waals surface area (Å²) in [6.45, 7) is 2.55. The molecule has 0 saturated carbocycles. The summed E-state index contributed by atoms with van der Waals surface area (Å²) in [5, 5.41) is 17.6. The van der Waals surface area contributed by atoms with Crippen molar-refractivity contribution in [3.63, 3.8) is 0 Å². The Kier molecular flexibility index (Phi) is 19.6. The molecule has 0 saturated heterocycles. The molecule has 0 rings (SSSR count). The number of thiocarbonyl (C=S) groups is 2. The Bertz CT molecular complexity index is 119. The molecule has 11 heavy (non-hydrogen) atoms. The zero-order chi connectivity index (χ0) is 8.57. The smallest absolute Gasteiger partial charge is 0.254 e. The zero-order valence-electron chi connectivity index (χ0n) is 5.90. The number of rotatable bonds is 1. The standard InChI is InChI=1S/C3H7NOS.CH3NOS.Se/c1-2-4-3(5)6;2-1(3)4;/h2H2,1H3,(H2,4,5,6);(H3,2,3,4);. The molecule has 0 aliphatic carbocycles. The molecule has 0 aromatic carbocycles. The van der Waals surface area contributed by atoms with Gasteiger partial charge in [0.25, 0.3) is 10.3 Å². The van der Waals surface area contributed by atoms with Crippen LogP contribution in [0, 0.1) is 0 Å². The van der Waals surface area contributed by atoms with Gasteiger partial charge in [0, 0.05) is 23.6 Å². The van der Waals surface area contributed by atoms with Gasteiger partial charge in [-0.05, 0) is 31.4 Å². The summed E-state index contributed by atoms with van der Waals surface area (Å²) in [4.78, 5) is 0. The van der Waals surface area contributed by atoms with Gasteiger partial charge >= 0.3 is 0 Å². The largest absolute Gasteiger partial charge is 0.487 e. The van der Waals surface area contributed by atoms with Crippen molar-refractivity contribution in [1.29, 1.82) is 0 Å². The van der Waals surface area contributed by atoms with Crippen molar-refractivity contribution >= 4 is 51.9 Å². The molecule has 0 fully saturated rings. The molecule has 0 aromatic heterocycles. The van der Waals surface area contributed by atoms with Crippen LogP contribution in [0.25, 0.3) is 0 Å². The Morgan fingerprint density at radius 2 is 1.73 bits per heavy atom. The van der Waals surface area contributed by atoms with Gasteiger partial charge in [0.05, 0.1) is 0 Å². The van der Waals surface area contributed by atoms with Crippen molar-refractivity contribution in [2.75, 3.05) is 6.54 Å². The van der Waals surface area contributed by atoms with E-state index in [0.29, 0.717) is 6.54 Å². The van der Waals surface area contributed by atoms with Crippen LogP contribution in [-0.2, 0) is 0 Å². The van der Waals surface area contributed by atoms with Gasteiger partial charge in [-0.2, -0.15) is 0 Å². The third kappa shape index (κ3) is 73.5. The quantitative estimate of drug-likeness (QED) is 0.388. The van der Waals surface area contributed by atoms with Gasteiger partial charge in [-0.1, -0.05) is 0 Å². The fourth-order valence-corrected chi connectivity index (χ4v) is 0.296. The topological polar surface area (TPSA) is 78.5 Å². The molecule has 0 aliphatic heterocycles. The average Bonchev–Trinajstić information content (AvgIpc) is 1.62. The average molecular weight is 261 g/mol. The van der Waals surface area contributed by atoms with E-state index in [0.717, 1.165) is 0 Å². The van der Waals surface area contributed by atoms with Crippen molar-refractivity contribution in [3.8, 4) is 0 Å². The maximum absolute atomic E-state index is 8.17. The summed E-state index contributed by atoms with van der Waals surface area (Å²) in [5.41, 5.74) is 4.40. The minimum Gasteiger partial charge on any atom is -0.487 e. The Balaban J connectivity index is -0.000000114. The second-order valence-electron chi connectivity index (χ2n) is 1.17. The number of nitrogens with two attached hydrogens (primary N) is 1. The van der Waals surface area contributed by atoms with E-state index in [1.807, 2.05) is 6.92 Å². The second kappa shape index (κ2) is 12.6. The molecule has 5 N–H and O–H groups in total. The molecule has 2 radical (unpaired) electrons. The monoisotopic (exact) mass is 262 g/mol. The summed E-state index contributed by atoms with van der Waals surface area (Å²) in [6, 6.07) is 0. The summed E-state index contributed by atoms with van der Waals surface area (Å²) in [6.07, 6.45) is 0. The van der Waals surface area contributed by atoms with Crippen LogP contribution in [-0.4, -0.2) is 44.2 Å². The van der Waals surface area contributed by atoms with Crippen LogP contribution in [0.1, 0.15) is 6.92 Å². The fourth-order valence-electron chi connectivity index (χ4n) is 0.151. The molecule has 0 amide bonds. The number of hydrogen-bond acceptors (Lipinski definition) is 2. The first-order valence-electron chi connectivity index (χ1n) is 2.45. The Morgan fingerprint density at radius 1 is 1.45 bits per heavy atom. The van der Waals surface area contributed by atoms with E-state index in [1.165, 1.54) is 0 Å².